The van der Waals surface area contributed by atoms with Crippen molar-refractivity contribution in [2.45, 2.75) is 38.9 Å². The van der Waals surface area contributed by atoms with Crippen LogP contribution in [0.4, 0.5) is 4.79 Å². The average Bonchev–Trinajstić information content (AvgIpc) is 2.81. The number of rotatable bonds is 5. The first-order chi connectivity index (χ1) is 6.85. The second-order valence-electron chi connectivity index (χ2n) is 4.44. The van der Waals surface area contributed by atoms with E-state index >= 15 is 0 Å². The topological polar surface area (TPSA) is 81.9 Å². The molecule has 2 atom stereocenters. The second-order valence-corrected chi connectivity index (χ2v) is 4.44. The summed E-state index contributed by atoms with van der Waals surface area (Å²) in [6.07, 6.45) is -1.23. The minimum Gasteiger partial charge on any atom is -0.438 e. The van der Waals surface area contributed by atoms with Crippen LogP contribution < -0.4 is 5.73 Å². The van der Waals surface area contributed by atoms with Gasteiger partial charge in [-0.15, -0.1) is 0 Å². The van der Waals surface area contributed by atoms with Gasteiger partial charge in [0.15, 0.2) is 11.7 Å². The van der Waals surface area contributed by atoms with Crippen molar-refractivity contribution < 1.29 is 19.1 Å². The Balaban J connectivity index is 2.62. The lowest BCUT2D eigenvalue weighted by molar-refractivity contribution is -0.132. The van der Waals surface area contributed by atoms with Crippen LogP contribution in [0.2, 0.25) is 0 Å². The van der Waals surface area contributed by atoms with Gasteiger partial charge in [-0.3, -0.25) is 4.79 Å². The smallest absolute Gasteiger partial charge is 0.405 e. The van der Waals surface area contributed by atoms with Crippen LogP contribution in [0.15, 0.2) is 0 Å². The highest BCUT2D eigenvalue weighted by Crippen LogP contribution is 2.30. The Kier molecular flexibility index (Phi) is 3.34. The SMILES string of the molecule is CC(C)CC(OC(N)=O)C(=O)[C@@]1(C)CO1. The number of ether oxygens (including phenoxy) is 2. The summed E-state index contributed by atoms with van der Waals surface area (Å²) < 4.78 is 9.82. The van der Waals surface area contributed by atoms with Gasteiger partial charge in [0.05, 0.1) is 6.61 Å². The van der Waals surface area contributed by atoms with Crippen LogP contribution in [-0.2, 0) is 14.3 Å². The third-order valence-corrected chi connectivity index (χ3v) is 2.33. The molecule has 1 amide bonds. The monoisotopic (exact) mass is 215 g/mol. The lowest BCUT2D eigenvalue weighted by atomic mass is 9.96. The van der Waals surface area contributed by atoms with Crippen LogP contribution in [0.25, 0.3) is 0 Å². The van der Waals surface area contributed by atoms with Gasteiger partial charge in [0, 0.05) is 0 Å². The third-order valence-electron chi connectivity index (χ3n) is 2.33. The molecule has 1 rings (SSSR count). The molecule has 5 nitrogen and oxygen atoms in total. The predicted molar refractivity (Wildman–Crippen MR) is 53.3 cm³/mol. The molecule has 15 heavy (non-hydrogen) atoms. The molecule has 0 aromatic heterocycles. The Morgan fingerprint density at radius 2 is 2.07 bits per heavy atom. The van der Waals surface area contributed by atoms with Crippen LogP contribution in [-0.4, -0.2) is 30.2 Å². The number of primary amides is 1. The molecule has 86 valence electrons. The summed E-state index contributed by atoms with van der Waals surface area (Å²) in [5.74, 6) is 0.0515. The van der Waals surface area contributed by atoms with Crippen LogP contribution in [0.3, 0.4) is 0 Å². The Morgan fingerprint density at radius 1 is 1.53 bits per heavy atom. The van der Waals surface area contributed by atoms with Gasteiger partial charge >= 0.3 is 6.09 Å². The molecular formula is C10H17NO4. The van der Waals surface area contributed by atoms with Gasteiger partial charge in [-0.05, 0) is 19.3 Å². The van der Waals surface area contributed by atoms with E-state index in [0.29, 0.717) is 13.0 Å². The lowest BCUT2D eigenvalue weighted by Gasteiger charge is -2.18. The molecule has 2 N–H and O–H groups in total. The number of Topliss-reactive ketones (excluding diaryl/α,β-unsaturated/α-hetero) is 1. The lowest BCUT2D eigenvalue weighted by Crippen LogP contribution is -2.38. The minimum atomic E-state index is -0.918. The van der Waals surface area contributed by atoms with Gasteiger partial charge in [0.25, 0.3) is 0 Å². The van der Waals surface area contributed by atoms with Gasteiger partial charge in [-0.2, -0.15) is 0 Å². The van der Waals surface area contributed by atoms with Crippen molar-refractivity contribution in [1.29, 1.82) is 0 Å². The van der Waals surface area contributed by atoms with Crippen LogP contribution in [0, 0.1) is 5.92 Å². The van der Waals surface area contributed by atoms with E-state index in [2.05, 4.69) is 0 Å². The van der Waals surface area contributed by atoms with Crippen molar-refractivity contribution in [2.75, 3.05) is 6.61 Å². The van der Waals surface area contributed by atoms with Crippen molar-refractivity contribution in [2.24, 2.45) is 11.7 Å². The Hall–Kier alpha value is -1.10. The first kappa shape index (κ1) is 12.0. The summed E-state index contributed by atoms with van der Waals surface area (Å²) in [4.78, 5) is 22.5. The van der Waals surface area contributed by atoms with E-state index in [0.717, 1.165) is 0 Å². The zero-order chi connectivity index (χ0) is 11.6. The maximum absolute atomic E-state index is 11.8. The van der Waals surface area contributed by atoms with E-state index in [1.54, 1.807) is 6.92 Å². The molecule has 1 saturated heterocycles. The van der Waals surface area contributed by atoms with Gasteiger partial charge in [0.1, 0.15) is 0 Å². The largest absolute Gasteiger partial charge is 0.438 e. The zero-order valence-corrected chi connectivity index (χ0v) is 9.28. The van der Waals surface area contributed by atoms with Crippen LogP contribution in [0.1, 0.15) is 27.2 Å². The minimum absolute atomic E-state index is 0.199. The maximum Gasteiger partial charge on any atom is 0.405 e. The summed E-state index contributed by atoms with van der Waals surface area (Å²) in [7, 11) is 0. The Morgan fingerprint density at radius 3 is 2.40 bits per heavy atom. The standard InChI is InChI=1S/C10H17NO4/c1-6(2)4-7(15-9(11)13)8(12)10(3)5-14-10/h6-7H,4-5H2,1-3H3,(H2,11,13)/t7?,10-/m1/s1. The molecule has 0 bridgehead atoms. The van der Waals surface area contributed by atoms with E-state index in [9.17, 15) is 9.59 Å². The second kappa shape index (κ2) is 4.18. The number of hydrogen-bond donors (Lipinski definition) is 1. The summed E-state index contributed by atoms with van der Waals surface area (Å²) in [5, 5.41) is 0. The first-order valence-electron chi connectivity index (χ1n) is 4.99. The molecule has 0 spiro atoms. The Labute approximate surface area is 88.9 Å². The number of hydrogen-bond acceptors (Lipinski definition) is 4. The van der Waals surface area contributed by atoms with E-state index in [1.807, 2.05) is 13.8 Å². The number of epoxide rings is 1. The van der Waals surface area contributed by atoms with Crippen LogP contribution >= 0.6 is 0 Å². The highest BCUT2D eigenvalue weighted by Gasteiger charge is 2.50. The Bertz CT molecular complexity index is 271. The third kappa shape index (κ3) is 3.20. The van der Waals surface area contributed by atoms with Gasteiger partial charge in [-0.25, -0.2) is 4.79 Å². The molecule has 0 aromatic carbocycles. The summed E-state index contributed by atoms with van der Waals surface area (Å²) >= 11 is 0. The molecule has 5 heteroatoms. The van der Waals surface area contributed by atoms with Crippen LogP contribution in [0.5, 0.6) is 0 Å². The quantitative estimate of drug-likeness (QED) is 0.689. The molecule has 1 aliphatic heterocycles. The van der Waals surface area contributed by atoms with Crippen molar-refractivity contribution >= 4 is 11.9 Å². The van der Waals surface area contributed by atoms with Crippen molar-refractivity contribution in [1.82, 2.24) is 0 Å². The first-order valence-corrected chi connectivity index (χ1v) is 4.99. The van der Waals surface area contributed by atoms with Gasteiger partial charge < -0.3 is 15.2 Å². The summed E-state index contributed by atoms with van der Waals surface area (Å²) in [6.45, 7) is 5.97. The fraction of sp³-hybridized carbons (Fsp3) is 0.800. The van der Waals surface area contributed by atoms with E-state index in [4.69, 9.17) is 15.2 Å². The average molecular weight is 215 g/mol. The highest BCUT2D eigenvalue weighted by molar-refractivity contribution is 5.94. The fourth-order valence-electron chi connectivity index (χ4n) is 1.37. The number of carbonyl (C=O) groups is 2. The number of ketones is 1. The number of amides is 1. The van der Waals surface area contributed by atoms with Crippen molar-refractivity contribution in [3.63, 3.8) is 0 Å². The molecule has 1 aliphatic rings. The van der Waals surface area contributed by atoms with Crippen molar-refractivity contribution in [3.8, 4) is 0 Å². The molecule has 0 radical (unpaired) electrons. The normalized spacial score (nSPS) is 26.1. The number of carbonyl (C=O) groups excluding carboxylic acids is 2. The molecular weight excluding hydrogens is 198 g/mol. The number of nitrogens with two attached hydrogens (primary N) is 1. The molecule has 0 aliphatic carbocycles. The zero-order valence-electron chi connectivity index (χ0n) is 9.28. The highest BCUT2D eigenvalue weighted by atomic mass is 16.6. The van der Waals surface area contributed by atoms with Crippen molar-refractivity contribution in [3.05, 3.63) is 0 Å². The summed E-state index contributed by atoms with van der Waals surface area (Å²) in [6, 6.07) is 0. The molecule has 0 aromatic rings. The maximum atomic E-state index is 11.8. The molecule has 1 heterocycles. The van der Waals surface area contributed by atoms with E-state index in [-0.39, 0.29) is 11.7 Å². The fourth-order valence-corrected chi connectivity index (χ4v) is 1.37. The van der Waals surface area contributed by atoms with E-state index < -0.39 is 17.8 Å². The summed E-state index contributed by atoms with van der Waals surface area (Å²) in [5.41, 5.74) is 4.15. The predicted octanol–water partition coefficient (Wildman–Crippen LogP) is 0.854. The molecule has 1 unspecified atom stereocenters. The van der Waals surface area contributed by atoms with E-state index in [1.165, 1.54) is 0 Å². The molecule has 1 fully saturated rings. The van der Waals surface area contributed by atoms with Gasteiger partial charge in [-0.1, -0.05) is 13.8 Å². The molecule has 0 saturated carbocycles. The van der Waals surface area contributed by atoms with Gasteiger partial charge in [0.2, 0.25) is 5.78 Å².